The minimum Gasteiger partial charge on any atom is -0.456 e. The molecular weight excluding hydrogens is 216 g/mol. The number of cyclic esters (lactones) is 1. The van der Waals surface area contributed by atoms with Gasteiger partial charge in [-0.3, -0.25) is 0 Å². The summed E-state index contributed by atoms with van der Waals surface area (Å²) >= 11 is 0. The normalized spacial score (nSPS) is 30.9. The van der Waals surface area contributed by atoms with Crippen LogP contribution in [0.25, 0.3) is 0 Å². The van der Waals surface area contributed by atoms with Gasteiger partial charge in [0.25, 0.3) is 0 Å². The summed E-state index contributed by atoms with van der Waals surface area (Å²) in [5, 5.41) is 3.17. The van der Waals surface area contributed by atoms with Crippen molar-refractivity contribution in [2.24, 2.45) is 5.92 Å². The third kappa shape index (κ3) is 2.34. The maximum atomic E-state index is 12.8. The Morgan fingerprint density at radius 1 is 1.56 bits per heavy atom. The van der Waals surface area contributed by atoms with Crippen LogP contribution in [0, 0.1) is 5.92 Å². The second-order valence-electron chi connectivity index (χ2n) is 4.82. The molecule has 1 saturated carbocycles. The van der Waals surface area contributed by atoms with Crippen molar-refractivity contribution >= 4 is 5.97 Å². The average molecular weight is 233 g/mol. The van der Waals surface area contributed by atoms with Gasteiger partial charge in [0.15, 0.2) is 0 Å². The maximum Gasteiger partial charge on any atom is 0.377 e. The molecule has 2 atom stereocenters. The number of hydrogen-bond acceptors (Lipinski definition) is 3. The third-order valence-electron chi connectivity index (χ3n) is 3.58. The third-order valence-corrected chi connectivity index (χ3v) is 3.58. The van der Waals surface area contributed by atoms with Gasteiger partial charge in [0, 0.05) is 12.6 Å². The highest BCUT2D eigenvalue weighted by Gasteiger charge is 2.50. The summed E-state index contributed by atoms with van der Waals surface area (Å²) in [6.07, 6.45) is 2.50. The van der Waals surface area contributed by atoms with E-state index >= 15 is 0 Å². The van der Waals surface area contributed by atoms with Gasteiger partial charge in [0.2, 0.25) is 0 Å². The van der Waals surface area contributed by atoms with E-state index in [9.17, 15) is 13.6 Å². The second kappa shape index (κ2) is 4.28. The lowest BCUT2D eigenvalue weighted by molar-refractivity contribution is -0.159. The molecule has 16 heavy (non-hydrogen) atoms. The van der Waals surface area contributed by atoms with E-state index in [-0.39, 0.29) is 0 Å². The molecule has 0 amide bonds. The predicted molar refractivity (Wildman–Crippen MR) is 54.2 cm³/mol. The zero-order chi connectivity index (χ0) is 11.8. The van der Waals surface area contributed by atoms with Gasteiger partial charge in [-0.25, -0.2) is 4.79 Å². The van der Waals surface area contributed by atoms with Gasteiger partial charge in [0.1, 0.15) is 6.10 Å². The zero-order valence-corrected chi connectivity index (χ0v) is 9.34. The molecule has 1 aliphatic carbocycles. The lowest BCUT2D eigenvalue weighted by Gasteiger charge is -2.32. The van der Waals surface area contributed by atoms with Crippen LogP contribution in [0.2, 0.25) is 0 Å². The van der Waals surface area contributed by atoms with E-state index in [0.29, 0.717) is 18.5 Å². The lowest BCUT2D eigenvalue weighted by Crippen LogP contribution is -2.40. The molecule has 92 valence electrons. The van der Waals surface area contributed by atoms with E-state index in [1.54, 1.807) is 0 Å². The van der Waals surface area contributed by atoms with Crippen LogP contribution in [0.3, 0.4) is 0 Å². The number of carbonyl (C=O) groups is 1. The van der Waals surface area contributed by atoms with Crippen molar-refractivity contribution in [2.75, 3.05) is 6.54 Å². The van der Waals surface area contributed by atoms with E-state index in [0.717, 1.165) is 0 Å². The number of esters is 1. The molecule has 3 nitrogen and oxygen atoms in total. The summed E-state index contributed by atoms with van der Waals surface area (Å²) in [6.45, 7) is 2.39. The Kier molecular flexibility index (Phi) is 3.15. The Morgan fingerprint density at radius 3 is 2.69 bits per heavy atom. The fourth-order valence-electron chi connectivity index (χ4n) is 2.19. The molecule has 0 aromatic heterocycles. The van der Waals surface area contributed by atoms with Crippen LogP contribution < -0.4 is 5.32 Å². The Bertz CT molecular complexity index is 279. The molecule has 1 saturated heterocycles. The first-order valence-electron chi connectivity index (χ1n) is 5.81. The molecular formula is C11H17F2NO2. The molecule has 1 N–H and O–H groups in total. The first-order chi connectivity index (χ1) is 7.49. The van der Waals surface area contributed by atoms with Gasteiger partial charge >= 0.3 is 11.9 Å². The number of nitrogens with one attached hydrogen (secondary N) is 1. The van der Waals surface area contributed by atoms with Crippen molar-refractivity contribution in [3.63, 3.8) is 0 Å². The van der Waals surface area contributed by atoms with Crippen molar-refractivity contribution in [2.45, 2.75) is 50.7 Å². The van der Waals surface area contributed by atoms with Crippen LogP contribution in [0.15, 0.2) is 0 Å². The van der Waals surface area contributed by atoms with E-state index in [4.69, 9.17) is 0 Å². The molecule has 1 aliphatic heterocycles. The van der Waals surface area contributed by atoms with Crippen molar-refractivity contribution in [1.29, 1.82) is 0 Å². The Balaban J connectivity index is 1.73. The summed E-state index contributed by atoms with van der Waals surface area (Å²) in [5.74, 6) is -4.01. The molecule has 0 radical (unpaired) electrons. The first kappa shape index (κ1) is 11.8. The van der Waals surface area contributed by atoms with Crippen molar-refractivity contribution in [3.05, 3.63) is 0 Å². The summed E-state index contributed by atoms with van der Waals surface area (Å²) in [4.78, 5) is 10.8. The molecule has 2 fully saturated rings. The van der Waals surface area contributed by atoms with Gasteiger partial charge < -0.3 is 10.1 Å². The summed E-state index contributed by atoms with van der Waals surface area (Å²) in [6, 6.07) is 0.321. The van der Waals surface area contributed by atoms with E-state index in [2.05, 4.69) is 17.0 Å². The molecule has 2 aliphatic rings. The number of carbonyl (C=O) groups excluding carboxylic acids is 1. The van der Waals surface area contributed by atoms with Crippen LogP contribution in [-0.4, -0.2) is 30.6 Å². The fourth-order valence-corrected chi connectivity index (χ4v) is 2.19. The summed E-state index contributed by atoms with van der Waals surface area (Å²) in [7, 11) is 0. The van der Waals surface area contributed by atoms with Crippen LogP contribution in [0.4, 0.5) is 8.78 Å². The van der Waals surface area contributed by atoms with Crippen LogP contribution in [-0.2, 0) is 9.53 Å². The molecule has 0 bridgehead atoms. The van der Waals surface area contributed by atoms with Crippen molar-refractivity contribution in [1.82, 2.24) is 5.32 Å². The second-order valence-corrected chi connectivity index (χ2v) is 4.82. The number of hydrogen-bond donors (Lipinski definition) is 1. The molecule has 0 aromatic carbocycles. The van der Waals surface area contributed by atoms with Gasteiger partial charge in [-0.2, -0.15) is 8.78 Å². The van der Waals surface area contributed by atoms with E-state index in [1.165, 1.54) is 19.3 Å². The molecule has 5 heteroatoms. The summed E-state index contributed by atoms with van der Waals surface area (Å²) < 4.78 is 30.3. The van der Waals surface area contributed by atoms with Crippen LogP contribution in [0.5, 0.6) is 0 Å². The Labute approximate surface area is 93.5 Å². The quantitative estimate of drug-likeness (QED) is 0.751. The van der Waals surface area contributed by atoms with Gasteiger partial charge in [-0.1, -0.05) is 6.42 Å². The molecule has 2 rings (SSSR count). The van der Waals surface area contributed by atoms with Crippen molar-refractivity contribution in [3.8, 4) is 0 Å². The number of halogens is 2. The molecule has 1 heterocycles. The largest absolute Gasteiger partial charge is 0.456 e. The number of ether oxygens (including phenoxy) is 1. The standard InChI is InChI=1S/C11H17F2NO2/c1-7(8-3-2-4-8)14-6-9-5-11(12,13)10(15)16-9/h7-9,14H,2-6H2,1H3. The average Bonchev–Trinajstić information content (AvgIpc) is 2.35. The highest BCUT2D eigenvalue weighted by Crippen LogP contribution is 2.32. The smallest absolute Gasteiger partial charge is 0.377 e. The van der Waals surface area contributed by atoms with Gasteiger partial charge in [-0.15, -0.1) is 0 Å². The SMILES string of the molecule is CC(NCC1CC(F)(F)C(=O)O1)C1CCC1. The number of alkyl halides is 2. The van der Waals surface area contributed by atoms with Crippen LogP contribution >= 0.6 is 0 Å². The van der Waals surface area contributed by atoms with E-state index in [1.807, 2.05) is 0 Å². The van der Waals surface area contributed by atoms with Gasteiger partial charge in [-0.05, 0) is 25.7 Å². The summed E-state index contributed by atoms with van der Waals surface area (Å²) in [5.41, 5.74) is 0. The Hall–Kier alpha value is -0.710. The van der Waals surface area contributed by atoms with E-state index < -0.39 is 24.4 Å². The fraction of sp³-hybridized carbons (Fsp3) is 0.909. The zero-order valence-electron chi connectivity index (χ0n) is 9.34. The minimum atomic E-state index is -3.29. The maximum absolute atomic E-state index is 12.8. The van der Waals surface area contributed by atoms with Gasteiger partial charge in [0.05, 0.1) is 6.42 Å². The monoisotopic (exact) mass is 233 g/mol. The minimum absolute atomic E-state index is 0.321. The Morgan fingerprint density at radius 2 is 2.25 bits per heavy atom. The first-order valence-corrected chi connectivity index (χ1v) is 5.81. The highest BCUT2D eigenvalue weighted by atomic mass is 19.3. The van der Waals surface area contributed by atoms with Crippen LogP contribution in [0.1, 0.15) is 32.6 Å². The lowest BCUT2D eigenvalue weighted by atomic mass is 9.80. The topological polar surface area (TPSA) is 38.3 Å². The highest BCUT2D eigenvalue weighted by molar-refractivity contribution is 5.79. The predicted octanol–water partition coefficient (Wildman–Crippen LogP) is 1.72. The molecule has 0 aromatic rings. The number of rotatable bonds is 4. The molecule has 0 spiro atoms. The van der Waals surface area contributed by atoms with Crippen molar-refractivity contribution < 1.29 is 18.3 Å². The molecule has 2 unspecified atom stereocenters.